The van der Waals surface area contributed by atoms with E-state index in [0.717, 1.165) is 36.3 Å². The molecule has 0 spiro atoms. The Hall–Kier alpha value is -3.11. The van der Waals surface area contributed by atoms with Crippen molar-refractivity contribution >= 4 is 5.78 Å². The van der Waals surface area contributed by atoms with E-state index in [1.54, 1.807) is 12.1 Å². The van der Waals surface area contributed by atoms with Crippen LogP contribution in [0.3, 0.4) is 0 Å². The molecule has 3 aromatic rings. The molecule has 3 rings (SSSR count). The second kappa shape index (κ2) is 8.72. The van der Waals surface area contributed by atoms with Crippen LogP contribution in [0.25, 0.3) is 11.1 Å². The normalized spacial score (nSPS) is 10.9. The van der Waals surface area contributed by atoms with Crippen molar-refractivity contribution in [1.82, 2.24) is 4.90 Å². The van der Waals surface area contributed by atoms with Crippen LogP contribution >= 0.6 is 0 Å². The number of ketones is 1. The Bertz CT molecular complexity index is 978. The summed E-state index contributed by atoms with van der Waals surface area (Å²) in [6.45, 7) is 5.40. The topological polar surface area (TPSA) is 20.3 Å². The monoisotopic (exact) mass is 377 g/mol. The minimum absolute atomic E-state index is 0.137. The van der Waals surface area contributed by atoms with Gasteiger partial charge in [0.25, 0.3) is 0 Å². The molecule has 0 aliphatic carbocycles. The molecule has 142 valence electrons. The quantitative estimate of drug-likeness (QED) is 0.401. The van der Waals surface area contributed by atoms with Gasteiger partial charge in [0.2, 0.25) is 0 Å². The van der Waals surface area contributed by atoms with Crippen molar-refractivity contribution in [3.63, 3.8) is 0 Å². The first kappa shape index (κ1) is 19.6. The molecule has 0 N–H and O–H groups in total. The molecule has 0 unspecified atom stereocenters. The molecule has 28 heavy (non-hydrogen) atoms. The summed E-state index contributed by atoms with van der Waals surface area (Å²) in [5, 5.41) is 0. The standard InChI is InChI=1S/C24H21F2NO/c1-3-14-27(2)16-17-4-6-18(7-5-17)19-8-10-20(11-9-19)24(28)22-13-12-21(25)15-23(22)26/h3-13,15H,1,14,16H2,2H3. The first-order chi connectivity index (χ1) is 13.5. The summed E-state index contributed by atoms with van der Waals surface area (Å²) < 4.78 is 26.9. The number of hydrogen-bond donors (Lipinski definition) is 0. The maximum absolute atomic E-state index is 13.8. The molecular formula is C24H21F2NO. The zero-order valence-electron chi connectivity index (χ0n) is 15.7. The van der Waals surface area contributed by atoms with E-state index >= 15 is 0 Å². The van der Waals surface area contributed by atoms with Crippen molar-refractivity contribution in [2.75, 3.05) is 13.6 Å². The molecule has 0 bridgehead atoms. The molecule has 2 nitrogen and oxygen atoms in total. The number of carbonyl (C=O) groups excluding carboxylic acids is 1. The minimum Gasteiger partial charge on any atom is -0.298 e. The predicted molar refractivity (Wildman–Crippen MR) is 108 cm³/mol. The van der Waals surface area contributed by atoms with E-state index in [1.165, 1.54) is 11.6 Å². The summed E-state index contributed by atoms with van der Waals surface area (Å²) in [7, 11) is 2.04. The second-order valence-electron chi connectivity index (χ2n) is 6.71. The fourth-order valence-corrected chi connectivity index (χ4v) is 3.04. The molecule has 0 heterocycles. The number of hydrogen-bond acceptors (Lipinski definition) is 2. The molecule has 0 saturated carbocycles. The zero-order valence-corrected chi connectivity index (χ0v) is 15.7. The number of nitrogens with zero attached hydrogens (tertiary/aromatic N) is 1. The third-order valence-electron chi connectivity index (χ3n) is 4.50. The van der Waals surface area contributed by atoms with Crippen LogP contribution in [0.1, 0.15) is 21.5 Å². The van der Waals surface area contributed by atoms with Gasteiger partial charge in [-0.3, -0.25) is 9.69 Å². The molecular weight excluding hydrogens is 356 g/mol. The average molecular weight is 377 g/mol. The van der Waals surface area contributed by atoms with E-state index in [4.69, 9.17) is 0 Å². The number of rotatable bonds is 7. The van der Waals surface area contributed by atoms with E-state index in [-0.39, 0.29) is 5.56 Å². The highest BCUT2D eigenvalue weighted by atomic mass is 19.1. The summed E-state index contributed by atoms with van der Waals surface area (Å²) in [6.07, 6.45) is 1.87. The van der Waals surface area contributed by atoms with Gasteiger partial charge in [-0.2, -0.15) is 0 Å². The van der Waals surface area contributed by atoms with Crippen LogP contribution in [-0.2, 0) is 6.54 Å². The first-order valence-corrected chi connectivity index (χ1v) is 8.96. The third kappa shape index (κ3) is 4.59. The molecule has 4 heteroatoms. The molecule has 0 aliphatic rings. The maximum Gasteiger partial charge on any atom is 0.195 e. The Balaban J connectivity index is 1.75. The maximum atomic E-state index is 13.8. The minimum atomic E-state index is -0.855. The molecule has 3 aromatic carbocycles. The van der Waals surface area contributed by atoms with Gasteiger partial charge in [-0.1, -0.05) is 54.6 Å². The third-order valence-corrected chi connectivity index (χ3v) is 4.50. The summed E-state index contributed by atoms with van der Waals surface area (Å²) in [5.74, 6) is -2.03. The van der Waals surface area contributed by atoms with Gasteiger partial charge >= 0.3 is 0 Å². The molecule has 0 amide bonds. The van der Waals surface area contributed by atoms with Crippen LogP contribution in [0, 0.1) is 11.6 Å². The van der Waals surface area contributed by atoms with Crippen molar-refractivity contribution in [2.24, 2.45) is 0 Å². The van der Waals surface area contributed by atoms with Gasteiger partial charge in [0, 0.05) is 24.7 Å². The average Bonchev–Trinajstić information content (AvgIpc) is 2.68. The smallest absolute Gasteiger partial charge is 0.195 e. The van der Waals surface area contributed by atoms with Crippen molar-refractivity contribution in [3.8, 4) is 11.1 Å². The highest BCUT2D eigenvalue weighted by molar-refractivity contribution is 6.09. The number of likely N-dealkylation sites (N-methyl/N-ethyl adjacent to an activating group) is 1. The fraction of sp³-hybridized carbons (Fsp3) is 0.125. The van der Waals surface area contributed by atoms with Crippen LogP contribution in [0.4, 0.5) is 8.78 Å². The van der Waals surface area contributed by atoms with Crippen molar-refractivity contribution in [1.29, 1.82) is 0 Å². The molecule has 0 fully saturated rings. The summed E-state index contributed by atoms with van der Waals surface area (Å²) in [5.41, 5.74) is 3.41. The second-order valence-corrected chi connectivity index (χ2v) is 6.71. The molecule has 0 saturated heterocycles. The Morgan fingerprint density at radius 2 is 1.57 bits per heavy atom. The lowest BCUT2D eigenvalue weighted by Crippen LogP contribution is -2.17. The molecule has 0 radical (unpaired) electrons. The van der Waals surface area contributed by atoms with E-state index in [0.29, 0.717) is 5.56 Å². The Morgan fingerprint density at radius 3 is 2.14 bits per heavy atom. The first-order valence-electron chi connectivity index (χ1n) is 8.96. The Labute approximate surface area is 163 Å². The molecule has 0 atom stereocenters. The SMILES string of the molecule is C=CCN(C)Cc1ccc(-c2ccc(C(=O)c3ccc(F)cc3F)cc2)cc1. The van der Waals surface area contributed by atoms with Crippen molar-refractivity contribution in [3.05, 3.63) is 108 Å². The zero-order chi connectivity index (χ0) is 20.1. The van der Waals surface area contributed by atoms with Gasteiger partial charge < -0.3 is 0 Å². The van der Waals surface area contributed by atoms with E-state index in [9.17, 15) is 13.6 Å². The van der Waals surface area contributed by atoms with Crippen LogP contribution in [0.15, 0.2) is 79.4 Å². The number of halogens is 2. The molecule has 0 aliphatic heterocycles. The summed E-state index contributed by atoms with van der Waals surface area (Å²) in [6, 6.07) is 18.2. The molecule has 0 aromatic heterocycles. The highest BCUT2D eigenvalue weighted by Gasteiger charge is 2.14. The lowest BCUT2D eigenvalue weighted by molar-refractivity contribution is 0.103. The van der Waals surface area contributed by atoms with Gasteiger partial charge in [-0.25, -0.2) is 8.78 Å². The lowest BCUT2D eigenvalue weighted by Gasteiger charge is -2.14. The number of benzene rings is 3. The van der Waals surface area contributed by atoms with Gasteiger partial charge in [-0.05, 0) is 35.9 Å². The van der Waals surface area contributed by atoms with Crippen LogP contribution in [0.5, 0.6) is 0 Å². The van der Waals surface area contributed by atoms with Crippen LogP contribution < -0.4 is 0 Å². The van der Waals surface area contributed by atoms with Crippen LogP contribution in [-0.4, -0.2) is 24.3 Å². The van der Waals surface area contributed by atoms with Crippen LogP contribution in [0.2, 0.25) is 0 Å². The van der Waals surface area contributed by atoms with Gasteiger partial charge in [-0.15, -0.1) is 6.58 Å². The van der Waals surface area contributed by atoms with Gasteiger partial charge in [0.1, 0.15) is 11.6 Å². The Kier molecular flexibility index (Phi) is 6.12. The van der Waals surface area contributed by atoms with Crippen molar-refractivity contribution in [2.45, 2.75) is 6.54 Å². The largest absolute Gasteiger partial charge is 0.298 e. The van der Waals surface area contributed by atoms with E-state index in [1.807, 2.05) is 37.4 Å². The predicted octanol–water partition coefficient (Wildman–Crippen LogP) is 5.48. The fourth-order valence-electron chi connectivity index (χ4n) is 3.04. The van der Waals surface area contributed by atoms with E-state index in [2.05, 4.69) is 23.6 Å². The lowest BCUT2D eigenvalue weighted by atomic mass is 9.98. The number of carbonyl (C=O) groups is 1. The summed E-state index contributed by atoms with van der Waals surface area (Å²) in [4.78, 5) is 14.6. The van der Waals surface area contributed by atoms with Crippen molar-refractivity contribution < 1.29 is 13.6 Å². The van der Waals surface area contributed by atoms with Gasteiger partial charge in [0.15, 0.2) is 5.78 Å². The summed E-state index contributed by atoms with van der Waals surface area (Å²) >= 11 is 0. The van der Waals surface area contributed by atoms with Gasteiger partial charge in [0.05, 0.1) is 5.56 Å². The van der Waals surface area contributed by atoms with E-state index < -0.39 is 17.4 Å². The highest BCUT2D eigenvalue weighted by Crippen LogP contribution is 2.22. The Morgan fingerprint density at radius 1 is 0.964 bits per heavy atom.